The number of hydrogen-bond acceptors (Lipinski definition) is 2. The number of hydrogen-bond donors (Lipinski definition) is 0. The molecular weight excluding hydrogens is 621 g/mol. The Bertz CT molecular complexity index is 1780. The van der Waals surface area contributed by atoms with Crippen LogP contribution in [-0.2, 0) is 0 Å². The zero-order chi connectivity index (χ0) is 23.2. The van der Waals surface area contributed by atoms with Crippen LogP contribution >= 0.6 is 0 Å². The van der Waals surface area contributed by atoms with Gasteiger partial charge < -0.3 is 0 Å². The van der Waals surface area contributed by atoms with Crippen LogP contribution in [0.4, 0.5) is 5.69 Å². The molecule has 2 nitrogen and oxygen atoms in total. The van der Waals surface area contributed by atoms with Gasteiger partial charge in [-0.1, -0.05) is 0 Å². The van der Waals surface area contributed by atoms with Crippen molar-refractivity contribution in [1.29, 1.82) is 0 Å². The summed E-state index contributed by atoms with van der Waals surface area (Å²) in [6.45, 7) is 0. The molecule has 2 bridgehead atoms. The summed E-state index contributed by atoms with van der Waals surface area (Å²) in [7, 11) is 0. The minimum absolute atomic E-state index is 0.882. The Morgan fingerprint density at radius 1 is 0.543 bits per heavy atom. The van der Waals surface area contributed by atoms with E-state index in [9.17, 15) is 0 Å². The number of aromatic nitrogens is 1. The number of nitrogens with zero attached hydrogens (tertiary/aromatic N) is 2. The second-order valence-corrected chi connectivity index (χ2v) is 12.9. The Labute approximate surface area is 215 Å². The van der Waals surface area contributed by atoms with E-state index in [1.54, 1.807) is 0 Å². The van der Waals surface area contributed by atoms with E-state index in [2.05, 4.69) is 115 Å². The Morgan fingerprint density at radius 2 is 1.26 bits per heavy atom. The van der Waals surface area contributed by atoms with E-state index >= 15 is 0 Å². The molecule has 0 amide bonds. The first kappa shape index (κ1) is 20.7. The fraction of sp³-hybridized carbons (Fsp3) is 0. The van der Waals surface area contributed by atoms with Crippen molar-refractivity contribution in [2.75, 3.05) is 0 Å². The minimum atomic E-state index is -1.16. The van der Waals surface area contributed by atoms with E-state index < -0.39 is 23.6 Å². The molecule has 7 rings (SSSR count). The first-order valence-electron chi connectivity index (χ1n) is 11.7. The van der Waals surface area contributed by atoms with E-state index in [-0.39, 0.29) is 0 Å². The quantitative estimate of drug-likeness (QED) is 0.187. The number of para-hydroxylation sites is 1. The first-order chi connectivity index (χ1) is 17.3. The zero-order valence-corrected chi connectivity index (χ0v) is 22.0. The Balaban J connectivity index is 1.61. The predicted molar refractivity (Wildman–Crippen MR) is 149 cm³/mol. The van der Waals surface area contributed by atoms with Crippen LogP contribution in [0.2, 0.25) is 0 Å². The molecular formula is C32H20N2Po. The molecule has 0 N–H and O–H groups in total. The van der Waals surface area contributed by atoms with Crippen molar-refractivity contribution in [1.82, 2.24) is 4.98 Å². The van der Waals surface area contributed by atoms with Crippen LogP contribution in [0.3, 0.4) is 0 Å². The van der Waals surface area contributed by atoms with E-state index in [1.165, 1.54) is 44.7 Å². The topological polar surface area (TPSA) is 25.2 Å². The molecule has 6 aromatic rings. The van der Waals surface area contributed by atoms with Gasteiger partial charge >= 0.3 is 217 Å². The average Bonchev–Trinajstić information content (AvgIpc) is 2.91. The summed E-state index contributed by atoms with van der Waals surface area (Å²) in [4.78, 5) is 10.1. The van der Waals surface area contributed by atoms with Crippen molar-refractivity contribution >= 4 is 63.5 Å². The van der Waals surface area contributed by atoms with Gasteiger partial charge in [0.15, 0.2) is 0 Å². The molecule has 0 aliphatic carbocycles. The van der Waals surface area contributed by atoms with Crippen molar-refractivity contribution in [3.05, 3.63) is 121 Å². The summed E-state index contributed by atoms with van der Waals surface area (Å²) in [5.41, 5.74) is 6.68. The van der Waals surface area contributed by atoms with Crippen LogP contribution in [0.1, 0.15) is 5.69 Å². The fourth-order valence-electron chi connectivity index (χ4n) is 4.91. The average molecular weight is 642 g/mol. The molecule has 35 heavy (non-hydrogen) atoms. The molecule has 0 radical (unpaired) electrons. The van der Waals surface area contributed by atoms with Gasteiger partial charge in [0.05, 0.1) is 0 Å². The van der Waals surface area contributed by atoms with Gasteiger partial charge in [-0.15, -0.1) is 0 Å². The summed E-state index contributed by atoms with van der Waals surface area (Å²) in [6.07, 6.45) is 1.92. The SMILES string of the molecule is C1=Nc2ccccc2-c2[c](ccc3ccccc23)[Po][c]2ccccc2-c2nc1cc1ccccc21. The maximum atomic E-state index is 5.13. The van der Waals surface area contributed by atoms with Gasteiger partial charge in [-0.2, -0.15) is 0 Å². The van der Waals surface area contributed by atoms with Gasteiger partial charge in [-0.25, -0.2) is 0 Å². The summed E-state index contributed by atoms with van der Waals surface area (Å²) < 4.78 is 2.90. The Morgan fingerprint density at radius 3 is 2.17 bits per heavy atom. The van der Waals surface area contributed by atoms with Crippen LogP contribution in [0.5, 0.6) is 0 Å². The van der Waals surface area contributed by atoms with Crippen LogP contribution in [0.15, 0.2) is 120 Å². The third-order valence-electron chi connectivity index (χ3n) is 6.52. The number of pyridine rings is 1. The fourth-order valence-corrected chi connectivity index (χ4v) is 9.25. The van der Waals surface area contributed by atoms with Gasteiger partial charge in [0.1, 0.15) is 0 Å². The molecule has 0 unspecified atom stereocenters. The summed E-state index contributed by atoms with van der Waals surface area (Å²) >= 11 is -1.16. The summed E-state index contributed by atoms with van der Waals surface area (Å²) in [6, 6.07) is 41.4. The molecule has 0 saturated carbocycles. The monoisotopic (exact) mass is 641 g/mol. The number of rotatable bonds is 0. The van der Waals surface area contributed by atoms with Gasteiger partial charge in [0, 0.05) is 0 Å². The second-order valence-electron chi connectivity index (χ2n) is 8.65. The summed E-state index contributed by atoms with van der Waals surface area (Å²) in [5, 5.41) is 4.94. The van der Waals surface area contributed by atoms with Crippen molar-refractivity contribution in [2.24, 2.45) is 4.99 Å². The molecule has 164 valence electrons. The van der Waals surface area contributed by atoms with Crippen LogP contribution in [0, 0.1) is 0 Å². The van der Waals surface area contributed by atoms with Crippen LogP contribution in [0.25, 0.3) is 43.9 Å². The van der Waals surface area contributed by atoms with E-state index in [4.69, 9.17) is 9.98 Å². The molecule has 0 spiro atoms. The van der Waals surface area contributed by atoms with Gasteiger partial charge in [-0.05, 0) is 0 Å². The standard InChI is InChI=1S/C32H20N2.Po/c1-2-12-24(13-3-1)32-28-17-7-5-14-25(28)21-26(34-32)22-33-31-20-9-8-18-30(31)29-19-10-15-23-11-4-6-16-27(23)29;/h1-12,14-18,20-22H;. The molecule has 0 saturated heterocycles. The molecule has 0 atom stereocenters. The van der Waals surface area contributed by atoms with Crippen molar-refractivity contribution in [2.45, 2.75) is 0 Å². The Hall–Kier alpha value is -3.66. The first-order valence-corrected chi connectivity index (χ1v) is 14.8. The van der Waals surface area contributed by atoms with Gasteiger partial charge in [-0.3, -0.25) is 0 Å². The Kier molecular flexibility index (Phi) is 5.04. The molecule has 1 aliphatic rings. The summed E-state index contributed by atoms with van der Waals surface area (Å²) in [5.74, 6) is 0. The maximum absolute atomic E-state index is 5.13. The van der Waals surface area contributed by atoms with Gasteiger partial charge in [0.2, 0.25) is 0 Å². The second kappa shape index (κ2) is 8.53. The van der Waals surface area contributed by atoms with Crippen molar-refractivity contribution < 1.29 is 0 Å². The molecule has 1 aromatic heterocycles. The molecule has 3 heteroatoms. The van der Waals surface area contributed by atoms with Crippen LogP contribution < -0.4 is 6.44 Å². The van der Waals surface area contributed by atoms with Crippen molar-refractivity contribution in [3.63, 3.8) is 0 Å². The number of benzene rings is 5. The van der Waals surface area contributed by atoms with E-state index in [1.807, 2.05) is 6.21 Å². The van der Waals surface area contributed by atoms with Crippen molar-refractivity contribution in [3.8, 4) is 22.4 Å². The molecule has 2 heterocycles. The van der Waals surface area contributed by atoms with Gasteiger partial charge in [0.25, 0.3) is 0 Å². The van der Waals surface area contributed by atoms with E-state index in [0.29, 0.717) is 0 Å². The zero-order valence-electron chi connectivity index (χ0n) is 18.8. The van der Waals surface area contributed by atoms with Crippen LogP contribution in [-0.4, -0.2) is 34.8 Å². The number of fused-ring (bicyclic) bond motifs is 11. The molecule has 5 aromatic carbocycles. The molecule has 0 fully saturated rings. The predicted octanol–water partition coefficient (Wildman–Crippen LogP) is 6.44. The number of aliphatic imine (C=N–C) groups is 1. The molecule has 1 aliphatic heterocycles. The third-order valence-corrected chi connectivity index (χ3v) is 10.9. The van der Waals surface area contributed by atoms with E-state index in [0.717, 1.165) is 17.1 Å². The third kappa shape index (κ3) is 3.59. The normalized spacial score (nSPS) is 12.3.